The lowest BCUT2D eigenvalue weighted by molar-refractivity contribution is 0.665. The van der Waals surface area contributed by atoms with Crippen LogP contribution in [0, 0.1) is 11.5 Å². The van der Waals surface area contributed by atoms with Crippen molar-refractivity contribution < 1.29 is 0 Å². The molecule has 1 atom stereocenters. The molecule has 0 amide bonds. The molecule has 0 aliphatic rings. The number of hydrogen-bond donors (Lipinski definition) is 1. The van der Waals surface area contributed by atoms with E-state index in [0.29, 0.717) is 5.84 Å². The highest BCUT2D eigenvalue weighted by Crippen LogP contribution is 2.06. The lowest BCUT2D eigenvalue weighted by atomic mass is 10.1. The van der Waals surface area contributed by atoms with Crippen molar-refractivity contribution in [3.8, 4) is 6.19 Å². The minimum absolute atomic E-state index is 0.237. The number of nitrogens with zero attached hydrogens (tertiary/aromatic N) is 2. The lowest BCUT2D eigenvalue weighted by Crippen LogP contribution is -2.16. The van der Waals surface area contributed by atoms with Gasteiger partial charge in [-0.1, -0.05) is 30.3 Å². The smallest absolute Gasteiger partial charge is 0.182 e. The van der Waals surface area contributed by atoms with E-state index in [0.717, 1.165) is 12.8 Å². The second-order valence-electron chi connectivity index (χ2n) is 3.82. The predicted octanol–water partition coefficient (Wildman–Crippen LogP) is 2.50. The molecule has 3 heteroatoms. The molecule has 1 aromatic carbocycles. The third-order valence-corrected chi connectivity index (χ3v) is 2.34. The largest absolute Gasteiger partial charge is 0.281 e. The number of rotatable bonds is 4. The number of aliphatic imine (C=N–C) groups is 1. The van der Waals surface area contributed by atoms with Gasteiger partial charge in [-0.25, -0.2) is 0 Å². The van der Waals surface area contributed by atoms with Crippen LogP contribution in [0.4, 0.5) is 0 Å². The van der Waals surface area contributed by atoms with E-state index in [2.05, 4.69) is 29.4 Å². The average molecular weight is 215 g/mol. The monoisotopic (exact) mass is 215 g/mol. The maximum Gasteiger partial charge on any atom is 0.182 e. The van der Waals surface area contributed by atoms with Crippen molar-refractivity contribution in [1.82, 2.24) is 5.32 Å². The highest BCUT2D eigenvalue weighted by atomic mass is 15.0. The summed E-state index contributed by atoms with van der Waals surface area (Å²) in [6.45, 7) is 3.87. The van der Waals surface area contributed by atoms with E-state index in [-0.39, 0.29) is 6.04 Å². The van der Waals surface area contributed by atoms with E-state index < -0.39 is 0 Å². The second kappa shape index (κ2) is 6.62. The van der Waals surface area contributed by atoms with E-state index >= 15 is 0 Å². The Kier molecular flexibility index (Phi) is 5.07. The molecule has 0 unspecified atom stereocenters. The van der Waals surface area contributed by atoms with Gasteiger partial charge in [-0.2, -0.15) is 5.26 Å². The molecular formula is C13H17N3. The Hall–Kier alpha value is -1.82. The summed E-state index contributed by atoms with van der Waals surface area (Å²) in [5.41, 5.74) is 1.33. The third kappa shape index (κ3) is 4.61. The molecule has 16 heavy (non-hydrogen) atoms. The van der Waals surface area contributed by atoms with Gasteiger partial charge in [0.15, 0.2) is 6.19 Å². The Morgan fingerprint density at radius 1 is 1.44 bits per heavy atom. The minimum Gasteiger partial charge on any atom is -0.281 e. The predicted molar refractivity (Wildman–Crippen MR) is 66.1 cm³/mol. The number of amidine groups is 1. The number of nitriles is 1. The van der Waals surface area contributed by atoms with Crippen molar-refractivity contribution in [3.63, 3.8) is 0 Å². The fraction of sp³-hybridized carbons (Fsp3) is 0.385. The van der Waals surface area contributed by atoms with Crippen LogP contribution in [0.1, 0.15) is 25.8 Å². The Morgan fingerprint density at radius 2 is 2.12 bits per heavy atom. The number of aryl methyl sites for hydroxylation is 1. The molecule has 0 aromatic heterocycles. The summed E-state index contributed by atoms with van der Waals surface area (Å²) in [5, 5.41) is 10.9. The standard InChI is InChI=1S/C13H17N3/c1-11(16-12(2)15-10-14)8-9-13-6-4-3-5-7-13/h3-7,11H,8-9H2,1-2H3,(H,15,16)/t11-/m0/s1. The zero-order chi connectivity index (χ0) is 11.8. The first-order chi connectivity index (χ1) is 7.72. The zero-order valence-corrected chi connectivity index (χ0v) is 9.77. The average Bonchev–Trinajstić information content (AvgIpc) is 2.28. The third-order valence-electron chi connectivity index (χ3n) is 2.34. The molecular weight excluding hydrogens is 198 g/mol. The Balaban J connectivity index is 2.39. The Bertz CT molecular complexity index is 376. The van der Waals surface area contributed by atoms with Gasteiger partial charge in [-0.15, -0.1) is 0 Å². The molecule has 0 saturated carbocycles. The molecule has 3 nitrogen and oxygen atoms in total. The highest BCUT2D eigenvalue weighted by Gasteiger charge is 2.00. The van der Waals surface area contributed by atoms with Crippen LogP contribution in [0.3, 0.4) is 0 Å². The van der Waals surface area contributed by atoms with E-state index in [1.54, 1.807) is 0 Å². The molecule has 0 bridgehead atoms. The highest BCUT2D eigenvalue weighted by molar-refractivity contribution is 5.80. The van der Waals surface area contributed by atoms with Gasteiger partial charge < -0.3 is 0 Å². The minimum atomic E-state index is 0.237. The molecule has 0 radical (unpaired) electrons. The van der Waals surface area contributed by atoms with Crippen LogP contribution in [-0.2, 0) is 6.42 Å². The number of benzene rings is 1. The summed E-state index contributed by atoms with van der Waals surface area (Å²) < 4.78 is 0. The van der Waals surface area contributed by atoms with Gasteiger partial charge in [0.1, 0.15) is 5.84 Å². The molecule has 0 heterocycles. The van der Waals surface area contributed by atoms with Gasteiger partial charge >= 0.3 is 0 Å². The van der Waals surface area contributed by atoms with Crippen LogP contribution >= 0.6 is 0 Å². The van der Waals surface area contributed by atoms with Gasteiger partial charge in [-0.3, -0.25) is 10.3 Å². The van der Waals surface area contributed by atoms with Crippen LogP contribution in [0.15, 0.2) is 35.3 Å². The first-order valence-electron chi connectivity index (χ1n) is 5.46. The second-order valence-corrected chi connectivity index (χ2v) is 3.82. The summed E-state index contributed by atoms with van der Waals surface area (Å²) in [6.07, 6.45) is 3.88. The van der Waals surface area contributed by atoms with Gasteiger partial charge in [0.25, 0.3) is 0 Å². The first-order valence-corrected chi connectivity index (χ1v) is 5.46. The van der Waals surface area contributed by atoms with Gasteiger partial charge in [0.05, 0.1) is 0 Å². The molecule has 0 spiro atoms. The van der Waals surface area contributed by atoms with Crippen LogP contribution in [-0.4, -0.2) is 11.9 Å². The topological polar surface area (TPSA) is 48.2 Å². The van der Waals surface area contributed by atoms with E-state index in [9.17, 15) is 0 Å². The summed E-state index contributed by atoms with van der Waals surface area (Å²) in [7, 11) is 0. The van der Waals surface area contributed by atoms with Crippen molar-refractivity contribution >= 4 is 5.84 Å². The lowest BCUT2D eigenvalue weighted by Gasteiger charge is -2.07. The van der Waals surface area contributed by atoms with Crippen molar-refractivity contribution in [3.05, 3.63) is 35.9 Å². The first kappa shape index (κ1) is 12.3. The Morgan fingerprint density at radius 3 is 2.75 bits per heavy atom. The molecule has 0 saturated heterocycles. The van der Waals surface area contributed by atoms with Crippen LogP contribution in [0.2, 0.25) is 0 Å². The fourth-order valence-corrected chi connectivity index (χ4v) is 1.53. The molecule has 0 fully saturated rings. The van der Waals surface area contributed by atoms with E-state index in [4.69, 9.17) is 5.26 Å². The molecule has 1 N–H and O–H groups in total. The van der Waals surface area contributed by atoms with E-state index in [1.807, 2.05) is 31.3 Å². The van der Waals surface area contributed by atoms with Crippen molar-refractivity contribution in [1.29, 1.82) is 5.26 Å². The molecule has 1 aromatic rings. The summed E-state index contributed by atoms with van der Waals surface area (Å²) in [4.78, 5) is 4.36. The van der Waals surface area contributed by atoms with Gasteiger partial charge in [0, 0.05) is 6.04 Å². The zero-order valence-electron chi connectivity index (χ0n) is 9.77. The van der Waals surface area contributed by atoms with Crippen LogP contribution in [0.25, 0.3) is 0 Å². The SMILES string of the molecule is CC(=N[C@@H](C)CCc1ccccc1)NC#N. The van der Waals surface area contributed by atoms with Crippen molar-refractivity contribution in [2.45, 2.75) is 32.7 Å². The van der Waals surface area contributed by atoms with Crippen molar-refractivity contribution in [2.24, 2.45) is 4.99 Å². The van der Waals surface area contributed by atoms with Gasteiger partial charge in [-0.05, 0) is 32.3 Å². The molecule has 1 rings (SSSR count). The summed E-state index contributed by atoms with van der Waals surface area (Å²) in [5.74, 6) is 0.683. The fourth-order valence-electron chi connectivity index (χ4n) is 1.53. The Labute approximate surface area is 96.8 Å². The summed E-state index contributed by atoms with van der Waals surface area (Å²) >= 11 is 0. The molecule has 0 aliphatic carbocycles. The molecule has 0 aliphatic heterocycles. The van der Waals surface area contributed by atoms with E-state index in [1.165, 1.54) is 5.56 Å². The quantitative estimate of drug-likeness (QED) is 0.363. The maximum absolute atomic E-state index is 8.42. The summed E-state index contributed by atoms with van der Waals surface area (Å²) in [6, 6.07) is 10.6. The van der Waals surface area contributed by atoms with Gasteiger partial charge in [0.2, 0.25) is 0 Å². The van der Waals surface area contributed by atoms with Crippen LogP contribution in [0.5, 0.6) is 0 Å². The number of nitrogens with one attached hydrogen (secondary N) is 1. The van der Waals surface area contributed by atoms with Crippen molar-refractivity contribution in [2.75, 3.05) is 0 Å². The maximum atomic E-state index is 8.42. The number of hydrogen-bond acceptors (Lipinski definition) is 2. The normalized spacial score (nSPS) is 12.9. The molecule has 84 valence electrons. The van der Waals surface area contributed by atoms with Crippen LogP contribution < -0.4 is 5.32 Å².